The highest BCUT2D eigenvalue weighted by molar-refractivity contribution is 7.90. The Morgan fingerprint density at radius 2 is 1.70 bits per heavy atom. The van der Waals surface area contributed by atoms with E-state index in [2.05, 4.69) is 19.8 Å². The van der Waals surface area contributed by atoms with Crippen LogP contribution in [0.2, 0.25) is 0 Å². The zero-order valence-corrected chi connectivity index (χ0v) is 12.3. The first-order valence-electron chi connectivity index (χ1n) is 7.21. The van der Waals surface area contributed by atoms with Crippen LogP contribution in [0.3, 0.4) is 0 Å². The molecule has 20 heavy (non-hydrogen) atoms. The normalized spacial score (nSPS) is 22.2. The van der Waals surface area contributed by atoms with E-state index in [1.54, 1.807) is 17.2 Å². The Balaban J connectivity index is 1.40. The maximum atomic E-state index is 11.9. The minimum Gasteiger partial charge on any atom is -0.301 e. The van der Waals surface area contributed by atoms with Crippen LogP contribution in [0, 0.1) is 0 Å². The highest BCUT2D eigenvalue weighted by atomic mass is 32.2. The molecule has 0 spiro atoms. The Bertz CT molecular complexity index is 518. The number of nitrogens with one attached hydrogen (secondary N) is 1. The molecule has 8 heteroatoms. The molecule has 1 aromatic rings. The van der Waals surface area contributed by atoms with Crippen LogP contribution in [-0.2, 0) is 16.6 Å². The Morgan fingerprint density at radius 1 is 1.05 bits per heavy atom. The molecular formula is C12H21N5O2S. The van der Waals surface area contributed by atoms with E-state index in [1.165, 1.54) is 0 Å². The monoisotopic (exact) mass is 299 g/mol. The van der Waals surface area contributed by atoms with Crippen molar-refractivity contribution in [3.05, 3.63) is 12.4 Å². The molecule has 2 aliphatic rings. The van der Waals surface area contributed by atoms with E-state index in [-0.39, 0.29) is 11.3 Å². The lowest BCUT2D eigenvalue weighted by atomic mass is 10.1. The third kappa shape index (κ3) is 3.56. The molecule has 1 aliphatic heterocycles. The molecule has 1 aromatic heterocycles. The number of hydrogen-bond donors (Lipinski definition) is 1. The van der Waals surface area contributed by atoms with Gasteiger partial charge in [-0.05, 0) is 38.8 Å². The summed E-state index contributed by atoms with van der Waals surface area (Å²) in [6.07, 6.45) is 6.78. The Hall–Kier alpha value is -0.990. The first-order chi connectivity index (χ1) is 9.63. The standard InChI is InChI=1S/C12H21N5O2S/c18-20(19,12-1-2-12)15-11-3-7-16(8-4-11)9-10-17-13-5-6-14-17/h5-6,11-12,15H,1-4,7-10H2. The average molecular weight is 299 g/mol. The molecule has 0 atom stereocenters. The first kappa shape index (κ1) is 14.0. The van der Waals surface area contributed by atoms with Gasteiger partial charge >= 0.3 is 0 Å². The second-order valence-electron chi connectivity index (χ2n) is 5.60. The van der Waals surface area contributed by atoms with Crippen molar-refractivity contribution in [2.24, 2.45) is 0 Å². The van der Waals surface area contributed by atoms with Crippen molar-refractivity contribution in [2.75, 3.05) is 19.6 Å². The van der Waals surface area contributed by atoms with Crippen molar-refractivity contribution in [2.45, 2.75) is 43.5 Å². The van der Waals surface area contributed by atoms with E-state index in [1.807, 2.05) is 0 Å². The quantitative estimate of drug-likeness (QED) is 0.788. The maximum Gasteiger partial charge on any atom is 0.214 e. The van der Waals surface area contributed by atoms with Crippen molar-refractivity contribution in [1.82, 2.24) is 24.6 Å². The van der Waals surface area contributed by atoms with Crippen molar-refractivity contribution in [3.63, 3.8) is 0 Å². The predicted molar refractivity (Wildman–Crippen MR) is 74.6 cm³/mol. The van der Waals surface area contributed by atoms with Crippen LogP contribution in [0.1, 0.15) is 25.7 Å². The molecule has 112 valence electrons. The Kier molecular flexibility index (Phi) is 4.04. The van der Waals surface area contributed by atoms with Crippen molar-refractivity contribution < 1.29 is 8.42 Å². The van der Waals surface area contributed by atoms with Gasteiger partial charge < -0.3 is 4.90 Å². The summed E-state index contributed by atoms with van der Waals surface area (Å²) in [4.78, 5) is 4.02. The van der Waals surface area contributed by atoms with Gasteiger partial charge in [-0.3, -0.25) is 0 Å². The fraction of sp³-hybridized carbons (Fsp3) is 0.833. The molecule has 1 saturated carbocycles. The Labute approximate surface area is 119 Å². The number of aromatic nitrogens is 3. The molecule has 0 amide bonds. The maximum absolute atomic E-state index is 11.9. The van der Waals surface area contributed by atoms with Crippen LogP contribution < -0.4 is 4.72 Å². The van der Waals surface area contributed by atoms with Crippen LogP contribution in [0.15, 0.2) is 12.4 Å². The SMILES string of the molecule is O=S(=O)(NC1CCN(CCn2nccn2)CC1)C1CC1. The number of nitrogens with zero attached hydrogens (tertiary/aromatic N) is 4. The average Bonchev–Trinajstić information content (AvgIpc) is 3.17. The molecular weight excluding hydrogens is 278 g/mol. The summed E-state index contributed by atoms with van der Waals surface area (Å²) < 4.78 is 26.6. The molecule has 1 aliphatic carbocycles. The first-order valence-corrected chi connectivity index (χ1v) is 8.76. The molecule has 1 saturated heterocycles. The minimum absolute atomic E-state index is 0.111. The Morgan fingerprint density at radius 3 is 2.30 bits per heavy atom. The molecule has 1 N–H and O–H groups in total. The zero-order valence-electron chi connectivity index (χ0n) is 11.5. The second-order valence-corrected chi connectivity index (χ2v) is 7.60. The lowest BCUT2D eigenvalue weighted by Crippen LogP contribution is -2.46. The van der Waals surface area contributed by atoms with Gasteiger partial charge in [0.05, 0.1) is 24.2 Å². The highest BCUT2D eigenvalue weighted by Crippen LogP contribution is 2.28. The van der Waals surface area contributed by atoms with Crippen molar-refractivity contribution in [3.8, 4) is 0 Å². The largest absolute Gasteiger partial charge is 0.301 e. The van der Waals surface area contributed by atoms with Gasteiger partial charge in [0.25, 0.3) is 0 Å². The third-order valence-electron chi connectivity index (χ3n) is 3.96. The molecule has 2 fully saturated rings. The summed E-state index contributed by atoms with van der Waals surface area (Å²) in [5, 5.41) is 8.04. The van der Waals surface area contributed by atoms with E-state index in [4.69, 9.17) is 0 Å². The van der Waals surface area contributed by atoms with Crippen molar-refractivity contribution in [1.29, 1.82) is 0 Å². The topological polar surface area (TPSA) is 80.1 Å². The second kappa shape index (κ2) is 5.79. The van der Waals surface area contributed by atoms with Crippen LogP contribution in [0.5, 0.6) is 0 Å². The number of piperidine rings is 1. The lowest BCUT2D eigenvalue weighted by Gasteiger charge is -2.31. The van der Waals surface area contributed by atoms with E-state index in [0.29, 0.717) is 0 Å². The van der Waals surface area contributed by atoms with Crippen LogP contribution in [-0.4, -0.2) is 59.2 Å². The van der Waals surface area contributed by atoms with Gasteiger partial charge in [-0.1, -0.05) is 0 Å². The zero-order chi connectivity index (χ0) is 14.0. The van der Waals surface area contributed by atoms with Gasteiger partial charge in [-0.25, -0.2) is 13.1 Å². The molecule has 0 radical (unpaired) electrons. The highest BCUT2D eigenvalue weighted by Gasteiger charge is 2.37. The fourth-order valence-corrected chi connectivity index (χ4v) is 4.22. The van der Waals surface area contributed by atoms with Gasteiger partial charge in [-0.15, -0.1) is 0 Å². The number of rotatable bonds is 6. The third-order valence-corrected chi connectivity index (χ3v) is 5.98. The van der Waals surface area contributed by atoms with Gasteiger partial charge in [-0.2, -0.15) is 15.0 Å². The lowest BCUT2D eigenvalue weighted by molar-refractivity contribution is 0.195. The molecule has 3 rings (SSSR count). The summed E-state index contributed by atoms with van der Waals surface area (Å²) >= 11 is 0. The van der Waals surface area contributed by atoms with Crippen LogP contribution in [0.25, 0.3) is 0 Å². The number of hydrogen-bond acceptors (Lipinski definition) is 5. The predicted octanol–water partition coefficient (Wildman–Crippen LogP) is -0.176. The van der Waals surface area contributed by atoms with E-state index in [0.717, 1.165) is 51.9 Å². The molecule has 2 heterocycles. The van der Waals surface area contributed by atoms with Gasteiger partial charge in [0.2, 0.25) is 10.0 Å². The van der Waals surface area contributed by atoms with Gasteiger partial charge in [0, 0.05) is 12.6 Å². The molecule has 0 unspecified atom stereocenters. The van der Waals surface area contributed by atoms with Gasteiger partial charge in [0.15, 0.2) is 0 Å². The fourth-order valence-electron chi connectivity index (χ4n) is 2.57. The minimum atomic E-state index is -3.04. The number of likely N-dealkylation sites (tertiary alicyclic amines) is 1. The summed E-state index contributed by atoms with van der Waals surface area (Å²) in [5.74, 6) is 0. The molecule has 0 bridgehead atoms. The molecule has 0 aromatic carbocycles. The smallest absolute Gasteiger partial charge is 0.214 e. The van der Waals surface area contributed by atoms with Gasteiger partial charge in [0.1, 0.15) is 0 Å². The van der Waals surface area contributed by atoms with Crippen LogP contribution >= 0.6 is 0 Å². The van der Waals surface area contributed by atoms with E-state index >= 15 is 0 Å². The summed E-state index contributed by atoms with van der Waals surface area (Å²) in [6, 6.07) is 0.111. The van der Waals surface area contributed by atoms with Crippen LogP contribution in [0.4, 0.5) is 0 Å². The summed E-state index contributed by atoms with van der Waals surface area (Å²) in [6.45, 7) is 3.56. The summed E-state index contributed by atoms with van der Waals surface area (Å²) in [7, 11) is -3.04. The molecule has 7 nitrogen and oxygen atoms in total. The summed E-state index contributed by atoms with van der Waals surface area (Å²) in [5.41, 5.74) is 0. The number of sulfonamides is 1. The van der Waals surface area contributed by atoms with Crippen molar-refractivity contribution >= 4 is 10.0 Å². The van der Waals surface area contributed by atoms with E-state index < -0.39 is 10.0 Å². The van der Waals surface area contributed by atoms with E-state index in [9.17, 15) is 8.42 Å².